The van der Waals surface area contributed by atoms with Crippen molar-refractivity contribution in [3.8, 4) is 0 Å². The maximum absolute atomic E-state index is 11.6. The minimum Gasteiger partial charge on any atom is -0.465 e. The minimum absolute atomic E-state index is 0.365. The fourth-order valence-corrected chi connectivity index (χ4v) is 1.90. The van der Waals surface area contributed by atoms with Gasteiger partial charge in [-0.15, -0.1) is 0 Å². The molecule has 1 aromatic carbocycles. The van der Waals surface area contributed by atoms with Crippen LogP contribution in [-0.2, 0) is 11.3 Å². The number of hydrogen-bond donors (Lipinski definition) is 2. The second-order valence-corrected chi connectivity index (χ2v) is 4.41. The van der Waals surface area contributed by atoms with Gasteiger partial charge in [0, 0.05) is 18.9 Å². The third kappa shape index (κ3) is 2.88. The number of nitrogen functional groups attached to an aromatic ring is 1. The Bertz CT molecular complexity index is 626. The van der Waals surface area contributed by atoms with Crippen LogP contribution in [0.3, 0.4) is 0 Å². The number of aryl methyl sites for hydroxylation is 1. The van der Waals surface area contributed by atoms with Gasteiger partial charge in [0.05, 0.1) is 24.0 Å². The summed E-state index contributed by atoms with van der Waals surface area (Å²) in [4.78, 5) is 15.6. The van der Waals surface area contributed by atoms with E-state index >= 15 is 0 Å². The molecule has 0 unspecified atom stereocenters. The molecule has 5 nitrogen and oxygen atoms in total. The number of methoxy groups -OCH3 is 1. The molecule has 3 N–H and O–H groups in total. The molecule has 0 aliphatic carbocycles. The zero-order valence-corrected chi connectivity index (χ0v) is 11.5. The van der Waals surface area contributed by atoms with Crippen LogP contribution in [-0.4, -0.2) is 18.1 Å². The van der Waals surface area contributed by atoms with E-state index in [0.29, 0.717) is 23.5 Å². The van der Waals surface area contributed by atoms with Crippen LogP contribution in [0.15, 0.2) is 36.7 Å². The van der Waals surface area contributed by atoms with Gasteiger partial charge in [0.25, 0.3) is 0 Å². The molecule has 0 spiro atoms. The van der Waals surface area contributed by atoms with Crippen LogP contribution < -0.4 is 11.1 Å². The predicted octanol–water partition coefficient (Wildman–Crippen LogP) is 2.37. The molecule has 0 aliphatic rings. The first-order chi connectivity index (χ1) is 9.63. The molecule has 0 saturated heterocycles. The lowest BCUT2D eigenvalue weighted by atomic mass is 10.1. The van der Waals surface area contributed by atoms with Gasteiger partial charge in [-0.2, -0.15) is 0 Å². The number of esters is 1. The fraction of sp³-hybridized carbons (Fsp3) is 0.200. The van der Waals surface area contributed by atoms with Crippen LogP contribution in [0.4, 0.5) is 11.4 Å². The first-order valence-corrected chi connectivity index (χ1v) is 6.23. The van der Waals surface area contributed by atoms with Crippen molar-refractivity contribution in [3.63, 3.8) is 0 Å². The van der Waals surface area contributed by atoms with Crippen LogP contribution in [0.1, 0.15) is 21.5 Å². The van der Waals surface area contributed by atoms with E-state index in [-0.39, 0.29) is 0 Å². The SMILES string of the molecule is COC(=O)c1cccc(NCc2ccncc2C)c1N. The number of nitrogens with zero attached hydrogens (tertiary/aromatic N) is 1. The highest BCUT2D eigenvalue weighted by molar-refractivity contribution is 5.98. The number of nitrogens with one attached hydrogen (secondary N) is 1. The smallest absolute Gasteiger partial charge is 0.340 e. The topological polar surface area (TPSA) is 77.2 Å². The predicted molar refractivity (Wildman–Crippen MR) is 78.5 cm³/mol. The number of nitrogens with two attached hydrogens (primary N) is 1. The van der Waals surface area contributed by atoms with Gasteiger partial charge in [-0.25, -0.2) is 4.79 Å². The van der Waals surface area contributed by atoms with Crippen LogP contribution in [0, 0.1) is 6.92 Å². The number of carbonyl (C=O) groups is 1. The third-order valence-electron chi connectivity index (χ3n) is 3.12. The second kappa shape index (κ2) is 6.06. The monoisotopic (exact) mass is 271 g/mol. The standard InChI is InChI=1S/C15H17N3O2/c1-10-8-17-7-6-11(10)9-18-13-5-3-4-12(14(13)16)15(19)20-2/h3-8,18H,9,16H2,1-2H3. The number of rotatable bonds is 4. The first kappa shape index (κ1) is 13.9. The van der Waals surface area contributed by atoms with E-state index in [1.165, 1.54) is 7.11 Å². The summed E-state index contributed by atoms with van der Waals surface area (Å²) in [6.07, 6.45) is 3.56. The molecule has 0 bridgehead atoms. The molecule has 0 aliphatic heterocycles. The summed E-state index contributed by atoms with van der Waals surface area (Å²) in [5.74, 6) is -0.439. The van der Waals surface area contributed by atoms with Crippen molar-refractivity contribution in [2.75, 3.05) is 18.2 Å². The molecule has 1 heterocycles. The van der Waals surface area contributed by atoms with Crippen molar-refractivity contribution in [2.24, 2.45) is 0 Å². The van der Waals surface area contributed by atoms with Crippen LogP contribution in [0.5, 0.6) is 0 Å². The third-order valence-corrected chi connectivity index (χ3v) is 3.12. The molecular weight excluding hydrogens is 254 g/mol. The molecule has 1 aromatic heterocycles. The van der Waals surface area contributed by atoms with E-state index < -0.39 is 5.97 Å². The molecule has 0 fully saturated rings. The van der Waals surface area contributed by atoms with Crippen molar-refractivity contribution >= 4 is 17.3 Å². The highest BCUT2D eigenvalue weighted by Crippen LogP contribution is 2.24. The van der Waals surface area contributed by atoms with Crippen LogP contribution in [0.2, 0.25) is 0 Å². The van der Waals surface area contributed by atoms with Gasteiger partial charge in [0.2, 0.25) is 0 Å². The van der Waals surface area contributed by atoms with Crippen molar-refractivity contribution in [1.29, 1.82) is 0 Å². The number of benzene rings is 1. The Balaban J connectivity index is 2.18. The average Bonchev–Trinajstić information content (AvgIpc) is 2.47. The normalized spacial score (nSPS) is 10.1. The molecule has 0 saturated carbocycles. The molecule has 0 amide bonds. The van der Waals surface area contributed by atoms with E-state index in [1.54, 1.807) is 18.3 Å². The number of ether oxygens (including phenoxy) is 1. The average molecular weight is 271 g/mol. The number of anilines is 2. The largest absolute Gasteiger partial charge is 0.465 e. The number of para-hydroxylation sites is 1. The minimum atomic E-state index is -0.439. The van der Waals surface area contributed by atoms with E-state index in [2.05, 4.69) is 10.3 Å². The lowest BCUT2D eigenvalue weighted by Gasteiger charge is -2.13. The summed E-state index contributed by atoms with van der Waals surface area (Å²) in [6.45, 7) is 2.61. The highest BCUT2D eigenvalue weighted by Gasteiger charge is 2.12. The van der Waals surface area contributed by atoms with Gasteiger partial charge >= 0.3 is 5.97 Å². The summed E-state index contributed by atoms with van der Waals surface area (Å²) < 4.78 is 4.70. The molecule has 2 rings (SSSR count). The van der Waals surface area contributed by atoms with Crippen molar-refractivity contribution in [1.82, 2.24) is 4.98 Å². The van der Waals surface area contributed by atoms with Gasteiger partial charge in [0.1, 0.15) is 0 Å². The Kier molecular flexibility index (Phi) is 4.20. The number of pyridine rings is 1. The zero-order valence-electron chi connectivity index (χ0n) is 11.5. The lowest BCUT2D eigenvalue weighted by molar-refractivity contribution is 0.0602. The Morgan fingerprint density at radius 3 is 2.90 bits per heavy atom. The quantitative estimate of drug-likeness (QED) is 0.659. The van der Waals surface area contributed by atoms with Crippen LogP contribution >= 0.6 is 0 Å². The van der Waals surface area contributed by atoms with Gasteiger partial charge < -0.3 is 15.8 Å². The van der Waals surface area contributed by atoms with Crippen molar-refractivity contribution in [3.05, 3.63) is 53.3 Å². The first-order valence-electron chi connectivity index (χ1n) is 6.23. The Labute approximate surface area is 117 Å². The molecule has 104 valence electrons. The van der Waals surface area contributed by atoms with E-state index in [4.69, 9.17) is 10.5 Å². The van der Waals surface area contributed by atoms with Gasteiger partial charge in [0.15, 0.2) is 0 Å². The fourth-order valence-electron chi connectivity index (χ4n) is 1.90. The van der Waals surface area contributed by atoms with Crippen LogP contribution in [0.25, 0.3) is 0 Å². The Morgan fingerprint density at radius 2 is 2.20 bits per heavy atom. The van der Waals surface area contributed by atoms with E-state index in [9.17, 15) is 4.79 Å². The summed E-state index contributed by atoms with van der Waals surface area (Å²) in [5.41, 5.74) is 9.69. The van der Waals surface area contributed by atoms with Crippen molar-refractivity contribution in [2.45, 2.75) is 13.5 Å². The number of aromatic nitrogens is 1. The van der Waals surface area contributed by atoms with E-state index in [0.717, 1.165) is 11.1 Å². The summed E-state index contributed by atoms with van der Waals surface area (Å²) in [6, 6.07) is 7.19. The zero-order chi connectivity index (χ0) is 14.5. The Hall–Kier alpha value is -2.56. The highest BCUT2D eigenvalue weighted by atomic mass is 16.5. The van der Waals surface area contributed by atoms with Crippen molar-refractivity contribution < 1.29 is 9.53 Å². The number of carbonyl (C=O) groups excluding carboxylic acids is 1. The van der Waals surface area contributed by atoms with Gasteiger partial charge in [-0.1, -0.05) is 6.07 Å². The summed E-state index contributed by atoms with van der Waals surface area (Å²) >= 11 is 0. The maximum Gasteiger partial charge on any atom is 0.340 e. The molecule has 0 atom stereocenters. The molecule has 5 heteroatoms. The molecular formula is C15H17N3O2. The second-order valence-electron chi connectivity index (χ2n) is 4.41. The summed E-state index contributed by atoms with van der Waals surface area (Å²) in [7, 11) is 1.34. The summed E-state index contributed by atoms with van der Waals surface area (Å²) in [5, 5.41) is 3.23. The lowest BCUT2D eigenvalue weighted by Crippen LogP contribution is -2.09. The molecule has 2 aromatic rings. The Morgan fingerprint density at radius 1 is 1.40 bits per heavy atom. The molecule has 0 radical (unpaired) electrons. The number of hydrogen-bond acceptors (Lipinski definition) is 5. The van der Waals surface area contributed by atoms with Gasteiger partial charge in [-0.05, 0) is 36.2 Å². The molecule has 20 heavy (non-hydrogen) atoms. The maximum atomic E-state index is 11.6. The van der Waals surface area contributed by atoms with E-state index in [1.807, 2.05) is 25.3 Å². The van der Waals surface area contributed by atoms with Gasteiger partial charge in [-0.3, -0.25) is 4.98 Å².